The molecule has 47 heavy (non-hydrogen) atoms. The number of piperidine rings is 1. The van der Waals surface area contributed by atoms with Crippen LogP contribution in [0.2, 0.25) is 0 Å². The predicted octanol–water partition coefficient (Wildman–Crippen LogP) is 3.12. The Morgan fingerprint density at radius 1 is 1.15 bits per heavy atom. The monoisotopic (exact) mass is 654 g/mol. The van der Waals surface area contributed by atoms with Crippen LogP contribution in [0.5, 0.6) is 17.2 Å². The van der Waals surface area contributed by atoms with Gasteiger partial charge in [-0.3, -0.25) is 19.3 Å². The topological polar surface area (TPSA) is 162 Å². The number of ether oxygens (including phenoxy) is 3. The third-order valence-corrected chi connectivity index (χ3v) is 8.41. The highest BCUT2D eigenvalue weighted by Gasteiger charge is 2.50. The Kier molecular flexibility index (Phi) is 7.55. The van der Waals surface area contributed by atoms with E-state index in [2.05, 4.69) is 34.6 Å². The number of nitrogens with zero attached hydrogens (tertiary/aromatic N) is 3. The molecule has 2 amide bonds. The lowest BCUT2D eigenvalue weighted by molar-refractivity contribution is -0.282. The van der Waals surface area contributed by atoms with Crippen molar-refractivity contribution in [2.75, 3.05) is 38.6 Å². The molecule has 0 saturated carbocycles. The van der Waals surface area contributed by atoms with Crippen LogP contribution >= 0.6 is 0 Å². The molecule has 16 heteroatoms. The fourth-order valence-corrected chi connectivity index (χ4v) is 5.96. The van der Waals surface area contributed by atoms with Crippen molar-refractivity contribution in [3.63, 3.8) is 0 Å². The second kappa shape index (κ2) is 11.6. The Bertz CT molecular complexity index is 1890. The van der Waals surface area contributed by atoms with Gasteiger partial charge in [-0.25, -0.2) is 4.98 Å². The van der Waals surface area contributed by atoms with E-state index in [0.717, 1.165) is 13.1 Å². The standard InChI is InChI=1S/C31H29F3N6O7/c1-39-9-6-15(7-10-39)40-28(43)17-11-20-21(12-18(17)29(40)44)38-26(37-20)24-19(5-8-35-27(24)42)36-13-16(41)14-45-22-3-2-4-23-25(22)47-31(33,34)30(32)46-23/h2-5,8,11-12,15-16,30,41H,6-7,9-10,13-14H2,1H3,(H,37,38)(H2,35,36,42). The number of fused-ring (bicyclic) bond motifs is 3. The Balaban J connectivity index is 1.06. The van der Waals surface area contributed by atoms with Crippen molar-refractivity contribution >= 4 is 28.5 Å². The molecule has 5 heterocycles. The Hall–Kier alpha value is -5.09. The number of nitrogens with one attached hydrogen (secondary N) is 3. The molecule has 2 unspecified atom stereocenters. The third-order valence-electron chi connectivity index (χ3n) is 8.41. The first-order valence-corrected chi connectivity index (χ1v) is 14.9. The summed E-state index contributed by atoms with van der Waals surface area (Å²) < 4.78 is 55.5. The number of para-hydroxylation sites is 1. The smallest absolute Gasteiger partial charge is 0.468 e. The molecule has 0 bridgehead atoms. The van der Waals surface area contributed by atoms with E-state index in [0.29, 0.717) is 29.6 Å². The molecule has 2 aromatic carbocycles. The number of aromatic amines is 2. The lowest BCUT2D eigenvalue weighted by atomic mass is 10.0. The number of likely N-dealkylation sites (tertiary alicyclic amines) is 1. The van der Waals surface area contributed by atoms with Crippen molar-refractivity contribution in [3.05, 3.63) is 64.1 Å². The molecule has 4 aromatic rings. The second-order valence-corrected chi connectivity index (χ2v) is 11.6. The van der Waals surface area contributed by atoms with Gasteiger partial charge in [0.2, 0.25) is 5.75 Å². The summed E-state index contributed by atoms with van der Waals surface area (Å²) in [6, 6.07) is 8.43. The Labute approximate surface area is 264 Å². The van der Waals surface area contributed by atoms with Gasteiger partial charge in [0.1, 0.15) is 24.1 Å². The minimum atomic E-state index is -4.22. The fourth-order valence-electron chi connectivity index (χ4n) is 5.96. The summed E-state index contributed by atoms with van der Waals surface area (Å²) in [7, 11) is 2.00. The zero-order valence-corrected chi connectivity index (χ0v) is 24.9. The highest BCUT2D eigenvalue weighted by molar-refractivity contribution is 6.23. The number of anilines is 1. The van der Waals surface area contributed by atoms with E-state index in [4.69, 9.17) is 4.74 Å². The molecular formula is C31H29F3N6O7. The van der Waals surface area contributed by atoms with E-state index in [-0.39, 0.29) is 65.0 Å². The van der Waals surface area contributed by atoms with Crippen molar-refractivity contribution in [1.82, 2.24) is 24.8 Å². The number of rotatable bonds is 8. The number of aromatic nitrogens is 3. The van der Waals surface area contributed by atoms with Gasteiger partial charge in [0.05, 0.1) is 27.8 Å². The quantitative estimate of drug-likeness (QED) is 0.208. The molecule has 1 saturated heterocycles. The van der Waals surface area contributed by atoms with Crippen LogP contribution in [-0.4, -0.2) is 99.6 Å². The van der Waals surface area contributed by atoms with Gasteiger partial charge in [0.25, 0.3) is 17.4 Å². The number of halogens is 3. The average Bonchev–Trinajstić information content (AvgIpc) is 3.56. The van der Waals surface area contributed by atoms with Crippen molar-refractivity contribution in [2.24, 2.45) is 0 Å². The molecule has 1 fully saturated rings. The summed E-state index contributed by atoms with van der Waals surface area (Å²) in [5.74, 6) is -1.53. The molecule has 0 aliphatic carbocycles. The van der Waals surface area contributed by atoms with Crippen LogP contribution in [0.4, 0.5) is 18.9 Å². The SMILES string of the molecule is CN1CCC(N2C(=O)c3cc4nc(-c5c(NCC(O)COc6cccc7c6OC(F)(F)C(F)O7)cc[nH]c5=O)[nH]c4cc3C2=O)CC1. The molecule has 246 valence electrons. The molecule has 13 nitrogen and oxygen atoms in total. The number of hydrogen-bond acceptors (Lipinski definition) is 10. The van der Waals surface area contributed by atoms with Crippen LogP contribution in [0.15, 0.2) is 47.4 Å². The van der Waals surface area contributed by atoms with Gasteiger partial charge in [-0.05, 0) is 63.3 Å². The molecule has 2 aromatic heterocycles. The van der Waals surface area contributed by atoms with Gasteiger partial charge in [0, 0.05) is 18.8 Å². The summed E-state index contributed by atoms with van der Waals surface area (Å²) >= 11 is 0. The maximum absolute atomic E-state index is 13.7. The summed E-state index contributed by atoms with van der Waals surface area (Å²) in [5.41, 5.74) is 1.26. The molecular weight excluding hydrogens is 625 g/mol. The number of benzene rings is 2. The van der Waals surface area contributed by atoms with Crippen LogP contribution < -0.4 is 25.1 Å². The van der Waals surface area contributed by atoms with E-state index in [1.165, 1.54) is 29.3 Å². The molecule has 7 rings (SSSR count). The van der Waals surface area contributed by atoms with E-state index in [1.54, 1.807) is 18.2 Å². The maximum Gasteiger partial charge on any atom is 0.468 e. The number of carbonyl (C=O) groups excluding carboxylic acids is 2. The lowest BCUT2D eigenvalue weighted by Crippen LogP contribution is -2.46. The van der Waals surface area contributed by atoms with Crippen LogP contribution in [0.3, 0.4) is 0 Å². The Morgan fingerprint density at radius 2 is 1.89 bits per heavy atom. The predicted molar refractivity (Wildman–Crippen MR) is 161 cm³/mol. The maximum atomic E-state index is 13.7. The van der Waals surface area contributed by atoms with Gasteiger partial charge in [-0.2, -0.15) is 13.2 Å². The van der Waals surface area contributed by atoms with E-state index in [9.17, 15) is 32.7 Å². The fraction of sp³-hybridized carbons (Fsp3) is 0.355. The first kappa shape index (κ1) is 30.6. The van der Waals surface area contributed by atoms with Crippen molar-refractivity contribution in [3.8, 4) is 28.6 Å². The number of carbonyl (C=O) groups is 2. The van der Waals surface area contributed by atoms with Crippen LogP contribution in [-0.2, 0) is 0 Å². The van der Waals surface area contributed by atoms with Crippen molar-refractivity contribution in [2.45, 2.75) is 37.5 Å². The average molecular weight is 655 g/mol. The number of pyridine rings is 1. The van der Waals surface area contributed by atoms with Crippen molar-refractivity contribution < 1.29 is 42.1 Å². The molecule has 3 aliphatic heterocycles. The summed E-state index contributed by atoms with van der Waals surface area (Å²) in [4.78, 5) is 53.3. The number of imide groups is 1. The number of amides is 2. The number of imidazole rings is 1. The number of aliphatic hydroxyl groups is 1. The normalized spacial score (nSPS) is 20.0. The minimum Gasteiger partial charge on any atom is -0.487 e. The number of alkyl halides is 3. The summed E-state index contributed by atoms with van der Waals surface area (Å²) in [6.45, 7) is 1.05. The van der Waals surface area contributed by atoms with E-state index >= 15 is 0 Å². The molecule has 3 aliphatic rings. The van der Waals surface area contributed by atoms with Gasteiger partial charge in [-0.15, -0.1) is 0 Å². The molecule has 2 atom stereocenters. The summed E-state index contributed by atoms with van der Waals surface area (Å²) in [5, 5.41) is 13.6. The van der Waals surface area contributed by atoms with Gasteiger partial charge in [0.15, 0.2) is 11.5 Å². The Morgan fingerprint density at radius 3 is 2.66 bits per heavy atom. The lowest BCUT2D eigenvalue weighted by Gasteiger charge is -2.33. The minimum absolute atomic E-state index is 0.105. The van der Waals surface area contributed by atoms with Crippen molar-refractivity contribution in [1.29, 1.82) is 0 Å². The number of hydrogen-bond donors (Lipinski definition) is 4. The zero-order chi connectivity index (χ0) is 33.0. The van der Waals surface area contributed by atoms with Gasteiger partial charge >= 0.3 is 12.5 Å². The second-order valence-electron chi connectivity index (χ2n) is 11.6. The first-order valence-electron chi connectivity index (χ1n) is 14.9. The number of H-pyrrole nitrogens is 2. The highest BCUT2D eigenvalue weighted by atomic mass is 19.3. The van der Waals surface area contributed by atoms with E-state index < -0.39 is 29.9 Å². The highest BCUT2D eigenvalue weighted by Crippen LogP contribution is 2.46. The van der Waals surface area contributed by atoms with Gasteiger partial charge < -0.3 is 39.5 Å². The largest absolute Gasteiger partial charge is 0.487 e. The molecule has 0 radical (unpaired) electrons. The van der Waals surface area contributed by atoms with Crippen LogP contribution in [0, 0.1) is 0 Å². The number of aliphatic hydroxyl groups excluding tert-OH is 1. The van der Waals surface area contributed by atoms with Crippen LogP contribution in [0.25, 0.3) is 22.4 Å². The molecule has 4 N–H and O–H groups in total. The van der Waals surface area contributed by atoms with Crippen LogP contribution in [0.1, 0.15) is 33.6 Å². The van der Waals surface area contributed by atoms with Gasteiger partial charge in [-0.1, -0.05) is 6.07 Å². The van der Waals surface area contributed by atoms with E-state index in [1.807, 2.05) is 7.05 Å². The first-order chi connectivity index (χ1) is 22.5. The third kappa shape index (κ3) is 5.52. The zero-order valence-electron chi connectivity index (χ0n) is 24.9. The summed E-state index contributed by atoms with van der Waals surface area (Å²) in [6.07, 6.45) is -5.62. The molecule has 0 spiro atoms.